The number of aryl methyl sites for hydroxylation is 1. The van der Waals surface area contributed by atoms with Gasteiger partial charge in [-0.2, -0.15) is 0 Å². The van der Waals surface area contributed by atoms with E-state index in [2.05, 4.69) is 24.4 Å². The van der Waals surface area contributed by atoms with E-state index in [4.69, 9.17) is 4.74 Å². The van der Waals surface area contributed by atoms with Gasteiger partial charge in [-0.25, -0.2) is 4.79 Å². The molecule has 1 aliphatic rings. The van der Waals surface area contributed by atoms with Crippen molar-refractivity contribution in [1.82, 2.24) is 5.32 Å². The molecule has 110 valence electrons. The third kappa shape index (κ3) is 3.83. The van der Waals surface area contributed by atoms with Crippen LogP contribution in [0.1, 0.15) is 56.7 Å². The van der Waals surface area contributed by atoms with Gasteiger partial charge in [-0.1, -0.05) is 44.0 Å². The average molecular weight is 275 g/mol. The van der Waals surface area contributed by atoms with Crippen LogP contribution in [0, 0.1) is 0 Å². The molecule has 1 N–H and O–H groups in total. The summed E-state index contributed by atoms with van der Waals surface area (Å²) in [6, 6.07) is 8.39. The van der Waals surface area contributed by atoms with Crippen molar-refractivity contribution in [1.29, 1.82) is 0 Å². The summed E-state index contributed by atoms with van der Waals surface area (Å²) in [6.45, 7) is 4.41. The van der Waals surface area contributed by atoms with Crippen LogP contribution in [0.4, 0.5) is 0 Å². The SMILES string of the molecule is CCOC(=O)C(NC1CCCC1)c1ccc(CC)cc1. The van der Waals surface area contributed by atoms with Crippen molar-refractivity contribution in [2.24, 2.45) is 0 Å². The molecule has 1 unspecified atom stereocenters. The van der Waals surface area contributed by atoms with E-state index in [0.717, 1.165) is 24.8 Å². The van der Waals surface area contributed by atoms with Crippen LogP contribution in [-0.2, 0) is 16.0 Å². The van der Waals surface area contributed by atoms with Crippen LogP contribution in [0.5, 0.6) is 0 Å². The van der Waals surface area contributed by atoms with Gasteiger partial charge >= 0.3 is 5.97 Å². The Hall–Kier alpha value is -1.35. The zero-order valence-electron chi connectivity index (χ0n) is 12.5. The molecule has 1 aromatic rings. The van der Waals surface area contributed by atoms with Crippen molar-refractivity contribution in [2.45, 2.75) is 58.0 Å². The Balaban J connectivity index is 2.12. The van der Waals surface area contributed by atoms with Gasteiger partial charge in [0.2, 0.25) is 0 Å². The Kier molecular flexibility index (Phi) is 5.60. The molecule has 1 aromatic carbocycles. The average Bonchev–Trinajstić information content (AvgIpc) is 2.98. The number of benzene rings is 1. The highest BCUT2D eigenvalue weighted by Gasteiger charge is 2.26. The molecule has 0 saturated heterocycles. The molecule has 1 saturated carbocycles. The molecule has 0 amide bonds. The summed E-state index contributed by atoms with van der Waals surface area (Å²) in [4.78, 5) is 12.2. The summed E-state index contributed by atoms with van der Waals surface area (Å²) in [5.74, 6) is -0.163. The second-order valence-electron chi connectivity index (χ2n) is 5.43. The van der Waals surface area contributed by atoms with E-state index < -0.39 is 0 Å². The molecule has 20 heavy (non-hydrogen) atoms. The first-order valence-electron chi connectivity index (χ1n) is 7.76. The Morgan fingerprint density at radius 1 is 1.25 bits per heavy atom. The first kappa shape index (κ1) is 15.0. The molecule has 1 aliphatic carbocycles. The predicted molar refractivity (Wildman–Crippen MR) is 80.6 cm³/mol. The van der Waals surface area contributed by atoms with Crippen LogP contribution >= 0.6 is 0 Å². The van der Waals surface area contributed by atoms with Crippen LogP contribution in [-0.4, -0.2) is 18.6 Å². The van der Waals surface area contributed by atoms with E-state index >= 15 is 0 Å². The lowest BCUT2D eigenvalue weighted by molar-refractivity contribution is -0.146. The molecular formula is C17H25NO2. The number of hydrogen-bond acceptors (Lipinski definition) is 3. The summed E-state index contributed by atoms with van der Waals surface area (Å²) in [5, 5.41) is 3.48. The van der Waals surface area contributed by atoms with Gasteiger partial charge < -0.3 is 4.74 Å². The molecule has 2 rings (SSSR count). The summed E-state index contributed by atoms with van der Waals surface area (Å²) in [7, 11) is 0. The van der Waals surface area contributed by atoms with Gasteiger partial charge in [0.05, 0.1) is 6.61 Å². The fourth-order valence-electron chi connectivity index (χ4n) is 2.80. The molecule has 0 radical (unpaired) electrons. The van der Waals surface area contributed by atoms with E-state index in [1.54, 1.807) is 0 Å². The van der Waals surface area contributed by atoms with Crippen LogP contribution < -0.4 is 5.32 Å². The topological polar surface area (TPSA) is 38.3 Å². The number of ether oxygens (including phenoxy) is 1. The van der Waals surface area contributed by atoms with E-state index in [-0.39, 0.29) is 12.0 Å². The highest BCUT2D eigenvalue weighted by molar-refractivity contribution is 5.77. The van der Waals surface area contributed by atoms with Gasteiger partial charge in [0.15, 0.2) is 0 Å². The lowest BCUT2D eigenvalue weighted by Gasteiger charge is -2.22. The van der Waals surface area contributed by atoms with Gasteiger partial charge in [0, 0.05) is 6.04 Å². The van der Waals surface area contributed by atoms with Crippen LogP contribution in [0.3, 0.4) is 0 Å². The van der Waals surface area contributed by atoms with E-state index in [1.165, 1.54) is 18.4 Å². The second kappa shape index (κ2) is 7.44. The van der Waals surface area contributed by atoms with Crippen molar-refractivity contribution in [2.75, 3.05) is 6.61 Å². The lowest BCUT2D eigenvalue weighted by atomic mass is 10.0. The van der Waals surface area contributed by atoms with Gasteiger partial charge in [0.25, 0.3) is 0 Å². The Morgan fingerprint density at radius 2 is 1.90 bits per heavy atom. The van der Waals surface area contributed by atoms with Gasteiger partial charge in [-0.3, -0.25) is 5.32 Å². The summed E-state index contributed by atoms with van der Waals surface area (Å²) >= 11 is 0. The second-order valence-corrected chi connectivity index (χ2v) is 5.43. The molecule has 3 heteroatoms. The minimum absolute atomic E-state index is 0.163. The first-order chi connectivity index (χ1) is 9.74. The number of carbonyl (C=O) groups excluding carboxylic acids is 1. The van der Waals surface area contributed by atoms with Crippen molar-refractivity contribution in [3.63, 3.8) is 0 Å². The predicted octanol–water partition coefficient (Wildman–Crippen LogP) is 3.39. The number of hydrogen-bond donors (Lipinski definition) is 1. The highest BCUT2D eigenvalue weighted by atomic mass is 16.5. The normalized spacial score (nSPS) is 17.1. The minimum atomic E-state index is -0.330. The van der Waals surface area contributed by atoms with Crippen LogP contribution in [0.25, 0.3) is 0 Å². The zero-order chi connectivity index (χ0) is 14.4. The number of carbonyl (C=O) groups is 1. The Morgan fingerprint density at radius 3 is 2.45 bits per heavy atom. The maximum absolute atomic E-state index is 12.2. The number of esters is 1. The van der Waals surface area contributed by atoms with Crippen molar-refractivity contribution < 1.29 is 9.53 Å². The van der Waals surface area contributed by atoms with E-state index in [9.17, 15) is 4.79 Å². The maximum Gasteiger partial charge on any atom is 0.327 e. The standard InChI is InChI=1S/C17H25NO2/c1-3-13-9-11-14(12-10-13)16(17(19)20-4-2)18-15-7-5-6-8-15/h9-12,15-16,18H,3-8H2,1-2H3. The largest absolute Gasteiger partial charge is 0.465 e. The van der Waals surface area contributed by atoms with Gasteiger partial charge in [-0.15, -0.1) is 0 Å². The van der Waals surface area contributed by atoms with E-state index in [1.807, 2.05) is 19.1 Å². The van der Waals surface area contributed by atoms with Crippen LogP contribution in [0.15, 0.2) is 24.3 Å². The minimum Gasteiger partial charge on any atom is -0.465 e. The van der Waals surface area contributed by atoms with Crippen molar-refractivity contribution in [3.8, 4) is 0 Å². The summed E-state index contributed by atoms with van der Waals surface area (Å²) in [6.07, 6.45) is 5.83. The summed E-state index contributed by atoms with van der Waals surface area (Å²) in [5.41, 5.74) is 2.30. The van der Waals surface area contributed by atoms with Gasteiger partial charge in [-0.05, 0) is 37.3 Å². The fourth-order valence-corrected chi connectivity index (χ4v) is 2.80. The molecular weight excluding hydrogens is 250 g/mol. The molecule has 0 bridgehead atoms. The summed E-state index contributed by atoms with van der Waals surface area (Å²) < 4.78 is 5.22. The monoisotopic (exact) mass is 275 g/mol. The van der Waals surface area contributed by atoms with Crippen molar-refractivity contribution in [3.05, 3.63) is 35.4 Å². The molecule has 3 nitrogen and oxygen atoms in total. The Labute approximate surface area is 121 Å². The third-order valence-electron chi connectivity index (χ3n) is 4.00. The molecule has 0 aliphatic heterocycles. The molecule has 0 aromatic heterocycles. The number of rotatable bonds is 6. The first-order valence-corrected chi connectivity index (χ1v) is 7.76. The van der Waals surface area contributed by atoms with Crippen LogP contribution in [0.2, 0.25) is 0 Å². The third-order valence-corrected chi connectivity index (χ3v) is 4.00. The molecule has 1 atom stereocenters. The van der Waals surface area contributed by atoms with E-state index in [0.29, 0.717) is 12.6 Å². The number of nitrogens with one attached hydrogen (secondary N) is 1. The molecule has 1 fully saturated rings. The maximum atomic E-state index is 12.2. The molecule has 0 heterocycles. The highest BCUT2D eigenvalue weighted by Crippen LogP contribution is 2.23. The zero-order valence-corrected chi connectivity index (χ0v) is 12.5. The van der Waals surface area contributed by atoms with Gasteiger partial charge in [0.1, 0.15) is 6.04 Å². The fraction of sp³-hybridized carbons (Fsp3) is 0.588. The molecule has 0 spiro atoms. The quantitative estimate of drug-likeness (QED) is 0.809. The lowest BCUT2D eigenvalue weighted by Crippen LogP contribution is -2.36. The van der Waals surface area contributed by atoms with Crippen molar-refractivity contribution >= 4 is 5.97 Å². The Bertz CT molecular complexity index is 421. The smallest absolute Gasteiger partial charge is 0.327 e.